The fourth-order valence-electron chi connectivity index (χ4n) is 2.97. The Morgan fingerprint density at radius 1 is 0.652 bits per heavy atom. The molecule has 0 aromatic carbocycles. The normalized spacial score (nSPS) is 12.5. The van der Waals surface area contributed by atoms with Crippen LogP contribution in [-0.4, -0.2) is 27.4 Å². The second-order valence-electron chi connectivity index (χ2n) is 6.96. The summed E-state index contributed by atoms with van der Waals surface area (Å²) in [7, 11) is 0. The molecule has 138 valence electrons. The largest absolute Gasteiger partial charge is 0.478 e. The monoisotopic (exact) mass is 342 g/mol. The molecule has 0 radical (unpaired) electrons. The van der Waals surface area contributed by atoms with Gasteiger partial charge in [-0.15, -0.1) is 0 Å². The number of rotatable bonds is 18. The highest BCUT2D eigenvalue weighted by atomic mass is 27.2. The van der Waals surface area contributed by atoms with Crippen molar-refractivity contribution in [2.45, 2.75) is 122 Å². The van der Waals surface area contributed by atoms with Crippen LogP contribution < -0.4 is 0 Å². The highest BCUT2D eigenvalue weighted by molar-refractivity contribution is 6.51. The summed E-state index contributed by atoms with van der Waals surface area (Å²) in [4.78, 5) is 0. The van der Waals surface area contributed by atoms with Crippen LogP contribution >= 0.6 is 0 Å². The summed E-state index contributed by atoms with van der Waals surface area (Å²) in [6.45, 7) is 9.79. The molecule has 0 amide bonds. The highest BCUT2D eigenvalue weighted by Gasteiger charge is 2.22. The molecule has 0 saturated heterocycles. The first-order valence-corrected chi connectivity index (χ1v) is 12.6. The Kier molecular flexibility index (Phi) is 19.2. The van der Waals surface area contributed by atoms with Gasteiger partial charge in [-0.1, -0.05) is 102 Å². The molecule has 0 aromatic rings. The molecule has 0 heterocycles. The van der Waals surface area contributed by atoms with Crippen LogP contribution in [0.15, 0.2) is 0 Å². The third-order valence-electron chi connectivity index (χ3n) is 4.49. The van der Waals surface area contributed by atoms with E-state index in [2.05, 4.69) is 27.7 Å². The predicted molar refractivity (Wildman–Crippen MR) is 104 cm³/mol. The smallest absolute Gasteiger partial charge is 0.462 e. The van der Waals surface area contributed by atoms with Gasteiger partial charge < -0.3 is 8.53 Å². The molecule has 0 rings (SSSR count). The minimum atomic E-state index is -1.07. The minimum Gasteiger partial charge on any atom is -0.478 e. The van der Waals surface area contributed by atoms with Gasteiger partial charge in [0.15, 0.2) is 0 Å². The third-order valence-corrected chi connectivity index (χ3v) is 7.37. The fraction of sp³-hybridized carbons (Fsp3) is 1.00. The van der Waals surface area contributed by atoms with E-state index < -0.39 is 14.5 Å². The standard InChI is InChI=1S/C8H17O2.2C6H13.Al/c1-3-4-5-6-7-10-8(2)9;2*1-3-5-6-4-2;/h8H,3-7H2,1-2H3;2*1,3-6H2,2H3;/q-1;;;+1. The minimum absolute atomic E-state index is 0.0191. The Morgan fingerprint density at radius 3 is 1.61 bits per heavy atom. The summed E-state index contributed by atoms with van der Waals surface area (Å²) >= 11 is -1.07. The molecule has 0 aliphatic rings. The summed E-state index contributed by atoms with van der Waals surface area (Å²) in [5.74, 6) is 0. The lowest BCUT2D eigenvalue weighted by Gasteiger charge is -2.20. The number of ether oxygens (including phenoxy) is 1. The molecular formula is C20H43AlO2. The summed E-state index contributed by atoms with van der Waals surface area (Å²) in [6.07, 6.45) is 16.0. The lowest BCUT2D eigenvalue weighted by molar-refractivity contribution is -0.0708. The average molecular weight is 343 g/mol. The third kappa shape index (κ3) is 17.1. The number of hydrogen-bond acceptors (Lipinski definition) is 2. The maximum absolute atomic E-state index is 6.33. The van der Waals surface area contributed by atoms with Gasteiger partial charge in [0, 0.05) is 6.61 Å². The summed E-state index contributed by atoms with van der Waals surface area (Å²) in [5, 5.41) is 2.69. The summed E-state index contributed by atoms with van der Waals surface area (Å²) in [6, 6.07) is 0. The second-order valence-corrected chi connectivity index (χ2v) is 9.63. The van der Waals surface area contributed by atoms with Crippen LogP contribution in [0, 0.1) is 0 Å². The zero-order valence-corrected chi connectivity index (χ0v) is 17.7. The summed E-state index contributed by atoms with van der Waals surface area (Å²) in [5.41, 5.74) is 0. The quantitative estimate of drug-likeness (QED) is 0.150. The zero-order chi connectivity index (χ0) is 17.2. The molecule has 0 aliphatic carbocycles. The Balaban J connectivity index is 3.90. The predicted octanol–water partition coefficient (Wildman–Crippen LogP) is 7.10. The van der Waals surface area contributed by atoms with E-state index in [1.165, 1.54) is 87.6 Å². The molecule has 2 nitrogen and oxygen atoms in total. The van der Waals surface area contributed by atoms with Gasteiger partial charge in [-0.25, -0.2) is 0 Å². The van der Waals surface area contributed by atoms with Crippen LogP contribution in [0.4, 0.5) is 0 Å². The van der Waals surface area contributed by atoms with Gasteiger partial charge in [0.1, 0.15) is 6.29 Å². The molecule has 23 heavy (non-hydrogen) atoms. The van der Waals surface area contributed by atoms with Crippen molar-refractivity contribution in [2.24, 2.45) is 0 Å². The molecular weight excluding hydrogens is 299 g/mol. The second kappa shape index (κ2) is 18.8. The molecule has 0 N–H and O–H groups in total. The fourth-order valence-corrected chi connectivity index (χ4v) is 5.64. The number of hydrogen-bond donors (Lipinski definition) is 0. The summed E-state index contributed by atoms with van der Waals surface area (Å²) < 4.78 is 12.2. The van der Waals surface area contributed by atoms with Crippen LogP contribution in [-0.2, 0) is 8.53 Å². The molecule has 0 bridgehead atoms. The SMILES string of the molecule is CCCCCCOC(C)[O][Al]([CH2]CCCCC)[CH2]CCCCC. The van der Waals surface area contributed by atoms with E-state index in [0.29, 0.717) is 0 Å². The van der Waals surface area contributed by atoms with E-state index >= 15 is 0 Å². The topological polar surface area (TPSA) is 18.5 Å². The van der Waals surface area contributed by atoms with Gasteiger partial charge in [-0.05, 0) is 13.3 Å². The van der Waals surface area contributed by atoms with E-state index in [0.717, 1.165) is 6.61 Å². The van der Waals surface area contributed by atoms with Crippen molar-refractivity contribution in [1.82, 2.24) is 0 Å². The Bertz CT molecular complexity index is 212. The Hall–Kier alpha value is 0.452. The molecule has 0 aliphatic heterocycles. The van der Waals surface area contributed by atoms with Crippen LogP contribution in [0.2, 0.25) is 10.6 Å². The van der Waals surface area contributed by atoms with Gasteiger partial charge >= 0.3 is 14.5 Å². The van der Waals surface area contributed by atoms with Crippen molar-refractivity contribution in [3.05, 3.63) is 0 Å². The van der Waals surface area contributed by atoms with Crippen molar-refractivity contribution < 1.29 is 8.53 Å². The molecule has 3 heteroatoms. The van der Waals surface area contributed by atoms with Crippen LogP contribution in [0.3, 0.4) is 0 Å². The number of unbranched alkanes of at least 4 members (excludes halogenated alkanes) is 9. The molecule has 1 atom stereocenters. The first-order chi connectivity index (χ1) is 11.2. The maximum atomic E-state index is 6.33. The van der Waals surface area contributed by atoms with Gasteiger partial charge in [0.2, 0.25) is 0 Å². The van der Waals surface area contributed by atoms with Gasteiger partial charge in [0.05, 0.1) is 0 Å². The van der Waals surface area contributed by atoms with E-state index in [1.54, 1.807) is 0 Å². The Labute approximate surface area is 151 Å². The van der Waals surface area contributed by atoms with E-state index in [9.17, 15) is 0 Å². The zero-order valence-electron chi connectivity index (χ0n) is 16.6. The molecule has 0 fully saturated rings. The van der Waals surface area contributed by atoms with Gasteiger partial charge in [-0.2, -0.15) is 0 Å². The average Bonchev–Trinajstić information content (AvgIpc) is 2.55. The molecule has 0 saturated carbocycles. The lowest BCUT2D eigenvalue weighted by Crippen LogP contribution is -2.26. The molecule has 0 aromatic heterocycles. The van der Waals surface area contributed by atoms with Crippen LogP contribution in [0.1, 0.15) is 105 Å². The molecule has 1 unspecified atom stereocenters. The first kappa shape index (κ1) is 23.5. The van der Waals surface area contributed by atoms with Crippen molar-refractivity contribution in [2.75, 3.05) is 6.61 Å². The first-order valence-electron chi connectivity index (χ1n) is 10.5. The van der Waals surface area contributed by atoms with Crippen molar-refractivity contribution in [3.8, 4) is 0 Å². The van der Waals surface area contributed by atoms with Crippen LogP contribution in [0.5, 0.6) is 0 Å². The van der Waals surface area contributed by atoms with Crippen molar-refractivity contribution in [1.29, 1.82) is 0 Å². The van der Waals surface area contributed by atoms with Gasteiger partial charge in [-0.3, -0.25) is 0 Å². The Morgan fingerprint density at radius 2 is 1.13 bits per heavy atom. The van der Waals surface area contributed by atoms with Crippen LogP contribution in [0.25, 0.3) is 0 Å². The molecule has 0 spiro atoms. The van der Waals surface area contributed by atoms with E-state index in [-0.39, 0.29) is 6.29 Å². The van der Waals surface area contributed by atoms with Crippen molar-refractivity contribution in [3.63, 3.8) is 0 Å². The maximum Gasteiger partial charge on any atom is 0.462 e. The highest BCUT2D eigenvalue weighted by Crippen LogP contribution is 2.16. The van der Waals surface area contributed by atoms with Gasteiger partial charge in [0.25, 0.3) is 0 Å². The lowest BCUT2D eigenvalue weighted by atomic mass is 10.2. The van der Waals surface area contributed by atoms with Crippen molar-refractivity contribution >= 4 is 14.5 Å². The van der Waals surface area contributed by atoms with E-state index in [1.807, 2.05) is 0 Å². The van der Waals surface area contributed by atoms with E-state index in [4.69, 9.17) is 8.53 Å².